The number of pyridine rings is 1. The number of fused-ring (bicyclic) bond motifs is 1. The highest BCUT2D eigenvalue weighted by atomic mass is 32.2. The molecule has 36 heavy (non-hydrogen) atoms. The van der Waals surface area contributed by atoms with Gasteiger partial charge in [0.25, 0.3) is 10.0 Å². The highest BCUT2D eigenvalue weighted by molar-refractivity contribution is 7.90. The predicted octanol–water partition coefficient (Wildman–Crippen LogP) is 1.82. The summed E-state index contributed by atoms with van der Waals surface area (Å²) in [6.45, 7) is 0.360. The third kappa shape index (κ3) is 4.94. The van der Waals surface area contributed by atoms with Gasteiger partial charge in [0.15, 0.2) is 5.03 Å². The molecule has 1 fully saturated rings. The number of urea groups is 1. The Morgan fingerprint density at radius 1 is 1.25 bits per heavy atom. The number of amides is 2. The van der Waals surface area contributed by atoms with Crippen LogP contribution < -0.4 is 14.8 Å². The maximum absolute atomic E-state index is 12.9. The van der Waals surface area contributed by atoms with Crippen molar-refractivity contribution in [3.8, 4) is 17.0 Å². The number of hydrogen-bond acceptors (Lipinski definition) is 8. The molecule has 2 unspecified atom stereocenters. The lowest BCUT2D eigenvalue weighted by Crippen LogP contribution is -2.35. The zero-order chi connectivity index (χ0) is 25.4. The van der Waals surface area contributed by atoms with Crippen LogP contribution in [0.5, 0.6) is 5.88 Å². The first kappa shape index (κ1) is 24.3. The van der Waals surface area contributed by atoms with E-state index in [1.165, 1.54) is 24.1 Å². The Balaban J connectivity index is 1.34. The molecule has 11 nitrogen and oxygen atoms in total. The van der Waals surface area contributed by atoms with Crippen molar-refractivity contribution in [2.24, 2.45) is 5.92 Å². The fourth-order valence-electron chi connectivity index (χ4n) is 4.73. The molecule has 2 aliphatic carbocycles. The molecule has 0 radical (unpaired) electrons. The number of hydrogen-bond donors (Lipinski definition) is 4. The molecule has 2 heterocycles. The molecule has 188 valence electrons. The van der Waals surface area contributed by atoms with E-state index in [4.69, 9.17) is 4.74 Å². The number of anilines is 1. The summed E-state index contributed by atoms with van der Waals surface area (Å²) in [5.41, 5.74) is 4.16. The van der Waals surface area contributed by atoms with Crippen molar-refractivity contribution in [1.82, 2.24) is 19.5 Å². The van der Waals surface area contributed by atoms with Gasteiger partial charge in [0.2, 0.25) is 5.88 Å². The van der Waals surface area contributed by atoms with Crippen LogP contribution in [0.3, 0.4) is 0 Å². The molecule has 2 aromatic heterocycles. The van der Waals surface area contributed by atoms with Crippen molar-refractivity contribution in [3.05, 3.63) is 53.9 Å². The average molecular weight is 511 g/mol. The van der Waals surface area contributed by atoms with Crippen LogP contribution in [0, 0.1) is 5.92 Å². The minimum Gasteiger partial charge on any atom is -0.481 e. The molecule has 2 aliphatic rings. The smallest absolute Gasteiger partial charge is 0.455 e. The number of ether oxygens (including phenoxy) is 1. The van der Waals surface area contributed by atoms with Gasteiger partial charge in [0.05, 0.1) is 12.8 Å². The van der Waals surface area contributed by atoms with Crippen LogP contribution in [-0.4, -0.2) is 53.5 Å². The predicted molar refractivity (Wildman–Crippen MR) is 132 cm³/mol. The number of aromatic nitrogens is 3. The minimum absolute atomic E-state index is 0.0159. The van der Waals surface area contributed by atoms with Crippen LogP contribution in [0.1, 0.15) is 24.0 Å². The minimum atomic E-state index is -4.23. The maximum Gasteiger partial charge on any atom is 0.455 e. The van der Waals surface area contributed by atoms with Crippen LogP contribution >= 0.6 is 0 Å². The van der Waals surface area contributed by atoms with Crippen molar-refractivity contribution in [3.63, 3.8) is 0 Å². The molecule has 2 amide bonds. The standard InChI is InChI=1S/C23H26BN5O6S/c1-35-20-12-15(7-9-25-20)18-6-5-14-3-2-4-17(14)22(18)26-23(30)28-36(33,34)21-8-10-29(27-21)13-16-11-19(16)24(31)32/h5-10,12,16,19,31-32H,2-4,11,13H2,1H3,(H2,26,28,30). The highest BCUT2D eigenvalue weighted by Gasteiger charge is 2.45. The SMILES string of the molecule is COc1cc(-c2ccc3c(c2NC(=O)NS(=O)(=O)c2ccn(CC4CC4B(O)O)n2)CCC3)ccn1. The number of benzene rings is 1. The van der Waals surface area contributed by atoms with Crippen LogP contribution in [-0.2, 0) is 29.4 Å². The third-order valence-electron chi connectivity index (χ3n) is 6.68. The van der Waals surface area contributed by atoms with E-state index < -0.39 is 23.2 Å². The Bertz CT molecular complexity index is 1410. The van der Waals surface area contributed by atoms with Crippen molar-refractivity contribution in [2.75, 3.05) is 12.4 Å². The zero-order valence-corrected chi connectivity index (χ0v) is 20.4. The van der Waals surface area contributed by atoms with Gasteiger partial charge in [-0.15, -0.1) is 0 Å². The first-order valence-corrected chi connectivity index (χ1v) is 13.1. The summed E-state index contributed by atoms with van der Waals surface area (Å²) >= 11 is 0. The molecular weight excluding hydrogens is 485 g/mol. The Morgan fingerprint density at radius 3 is 2.83 bits per heavy atom. The lowest BCUT2D eigenvalue weighted by atomic mass is 9.82. The number of nitrogens with zero attached hydrogens (tertiary/aromatic N) is 3. The van der Waals surface area contributed by atoms with Gasteiger partial charge in [-0.1, -0.05) is 12.1 Å². The summed E-state index contributed by atoms with van der Waals surface area (Å²) in [6, 6.07) is 7.89. The summed E-state index contributed by atoms with van der Waals surface area (Å²) in [5, 5.41) is 25.0. The van der Waals surface area contributed by atoms with Gasteiger partial charge in [-0.05, 0) is 66.2 Å². The van der Waals surface area contributed by atoms with Crippen molar-refractivity contribution in [2.45, 2.75) is 43.1 Å². The van der Waals surface area contributed by atoms with Crippen molar-refractivity contribution >= 4 is 28.9 Å². The van der Waals surface area contributed by atoms with E-state index >= 15 is 0 Å². The number of nitrogens with one attached hydrogen (secondary N) is 2. The van der Waals surface area contributed by atoms with E-state index in [-0.39, 0.29) is 16.8 Å². The molecule has 13 heteroatoms. The van der Waals surface area contributed by atoms with E-state index in [9.17, 15) is 23.3 Å². The van der Waals surface area contributed by atoms with Gasteiger partial charge in [-0.25, -0.2) is 14.5 Å². The van der Waals surface area contributed by atoms with Gasteiger partial charge in [0, 0.05) is 30.6 Å². The number of methoxy groups -OCH3 is 1. The van der Waals surface area contributed by atoms with Crippen LogP contribution in [0.4, 0.5) is 10.5 Å². The summed E-state index contributed by atoms with van der Waals surface area (Å²) in [6.07, 6.45) is 6.33. The van der Waals surface area contributed by atoms with Crippen molar-refractivity contribution in [1.29, 1.82) is 0 Å². The maximum atomic E-state index is 12.9. The molecule has 1 saturated carbocycles. The van der Waals surface area contributed by atoms with Crippen LogP contribution in [0.2, 0.25) is 5.82 Å². The molecule has 1 aromatic carbocycles. The molecule has 0 saturated heterocycles. The first-order valence-electron chi connectivity index (χ1n) is 11.6. The summed E-state index contributed by atoms with van der Waals surface area (Å²) in [5.74, 6) is 0.204. The first-order chi connectivity index (χ1) is 17.2. The van der Waals surface area contributed by atoms with E-state index in [1.54, 1.807) is 18.3 Å². The molecule has 0 bridgehead atoms. The number of aryl methyl sites for hydroxylation is 1. The Kier molecular flexibility index (Phi) is 6.45. The Hall–Kier alpha value is -3.42. The Morgan fingerprint density at radius 2 is 2.08 bits per heavy atom. The quantitative estimate of drug-likeness (QED) is 0.334. The second-order valence-corrected chi connectivity index (χ2v) is 10.7. The fourth-order valence-corrected chi connectivity index (χ4v) is 5.58. The zero-order valence-electron chi connectivity index (χ0n) is 19.6. The van der Waals surface area contributed by atoms with Crippen molar-refractivity contribution < 1.29 is 28.0 Å². The van der Waals surface area contributed by atoms with E-state index in [0.29, 0.717) is 24.5 Å². The third-order valence-corrected chi connectivity index (χ3v) is 7.90. The van der Waals surface area contributed by atoms with Gasteiger partial charge >= 0.3 is 13.1 Å². The van der Waals surface area contributed by atoms with Gasteiger partial charge in [-0.2, -0.15) is 13.5 Å². The number of rotatable bonds is 8. The molecule has 2 atom stereocenters. The lowest BCUT2D eigenvalue weighted by molar-refractivity contribution is 0.256. The lowest BCUT2D eigenvalue weighted by Gasteiger charge is -2.17. The van der Waals surface area contributed by atoms with Gasteiger partial charge in [-0.3, -0.25) is 4.68 Å². The molecule has 0 spiro atoms. The second kappa shape index (κ2) is 9.56. The van der Waals surface area contributed by atoms with Crippen LogP contribution in [0.25, 0.3) is 11.1 Å². The monoisotopic (exact) mass is 511 g/mol. The summed E-state index contributed by atoms with van der Waals surface area (Å²) < 4.78 is 34.4. The summed E-state index contributed by atoms with van der Waals surface area (Å²) in [7, 11) is -4.10. The normalized spacial score (nSPS) is 18.4. The number of carbonyl (C=O) groups excluding carboxylic acids is 1. The molecule has 3 aromatic rings. The molecule has 5 rings (SSSR count). The largest absolute Gasteiger partial charge is 0.481 e. The topological polar surface area (TPSA) is 156 Å². The van der Waals surface area contributed by atoms with Crippen LogP contribution in [0.15, 0.2) is 47.8 Å². The number of sulfonamides is 1. The van der Waals surface area contributed by atoms with Gasteiger partial charge < -0.3 is 20.1 Å². The molecular formula is C23H26BN5O6S. The van der Waals surface area contributed by atoms with E-state index in [0.717, 1.165) is 41.5 Å². The van der Waals surface area contributed by atoms with E-state index in [1.807, 2.05) is 12.1 Å². The summed E-state index contributed by atoms with van der Waals surface area (Å²) in [4.78, 5) is 17.0. The van der Waals surface area contributed by atoms with E-state index in [2.05, 4.69) is 20.1 Å². The number of carbonyl (C=O) groups is 1. The second-order valence-electron chi connectivity index (χ2n) is 9.08. The molecule has 0 aliphatic heterocycles. The average Bonchev–Trinajstić information content (AvgIpc) is 3.21. The highest BCUT2D eigenvalue weighted by Crippen LogP contribution is 2.46. The van der Waals surface area contributed by atoms with Gasteiger partial charge in [0.1, 0.15) is 0 Å². The Labute approximate surface area is 208 Å². The fraction of sp³-hybridized carbons (Fsp3) is 0.348. The molecule has 4 N–H and O–H groups in total.